The van der Waals surface area contributed by atoms with Gasteiger partial charge in [-0.3, -0.25) is 0 Å². The second kappa shape index (κ2) is 5.75. The van der Waals surface area contributed by atoms with E-state index in [1.807, 2.05) is 0 Å². The summed E-state index contributed by atoms with van der Waals surface area (Å²) in [6.07, 6.45) is 5.17. The van der Waals surface area contributed by atoms with Gasteiger partial charge in [0.25, 0.3) is 0 Å². The molecule has 1 aliphatic carbocycles. The number of rotatable bonds is 6. The van der Waals surface area contributed by atoms with Gasteiger partial charge in [-0.25, -0.2) is 4.98 Å². The lowest BCUT2D eigenvalue weighted by atomic mass is 10.2. The summed E-state index contributed by atoms with van der Waals surface area (Å²) in [5.74, 6) is 2.42. The van der Waals surface area contributed by atoms with Crippen molar-refractivity contribution in [2.45, 2.75) is 51.5 Å². The molecule has 2 aliphatic rings. The zero-order chi connectivity index (χ0) is 13.2. The van der Waals surface area contributed by atoms with Gasteiger partial charge < -0.3 is 10.2 Å². The molecule has 1 N–H and O–H groups in total. The van der Waals surface area contributed by atoms with Crippen LogP contribution in [0.5, 0.6) is 0 Å². The monoisotopic (exact) mass is 280 g/mol. The van der Waals surface area contributed by atoms with Crippen molar-refractivity contribution >= 4 is 16.7 Å². The first-order valence-electron chi connectivity index (χ1n) is 7.54. The average molecular weight is 280 g/mol. The minimum Gasteiger partial charge on any atom is -0.345 e. The molecule has 0 radical (unpaired) electrons. The molecule has 0 bridgehead atoms. The number of nitrogens with one attached hydrogen (secondary N) is 1. The highest BCUT2D eigenvalue weighted by molar-refractivity contribution is 7.09. The Morgan fingerprint density at radius 1 is 1.37 bits per heavy atom. The predicted molar refractivity (Wildman–Crippen MR) is 80.0 cm³/mol. The van der Waals surface area contributed by atoms with Gasteiger partial charge in [0.15, 0.2) is 0 Å². The smallest absolute Gasteiger partial charge is 0.205 e. The molecule has 0 spiro atoms. The summed E-state index contributed by atoms with van der Waals surface area (Å²) in [5, 5.41) is 4.72. The Hall–Kier alpha value is -0.680. The molecule has 1 saturated heterocycles. The van der Waals surface area contributed by atoms with E-state index in [4.69, 9.17) is 4.98 Å². The molecular formula is C14H24N4S. The molecule has 1 aromatic rings. The molecule has 0 amide bonds. The van der Waals surface area contributed by atoms with Crippen LogP contribution in [0.15, 0.2) is 0 Å². The van der Waals surface area contributed by atoms with E-state index in [9.17, 15) is 0 Å². The van der Waals surface area contributed by atoms with E-state index in [1.54, 1.807) is 11.5 Å². The van der Waals surface area contributed by atoms with Crippen LogP contribution in [-0.2, 0) is 0 Å². The minimum atomic E-state index is 0.632. The van der Waals surface area contributed by atoms with Crippen molar-refractivity contribution in [3.05, 3.63) is 5.82 Å². The largest absolute Gasteiger partial charge is 0.345 e. The Bertz CT molecular complexity index is 407. The summed E-state index contributed by atoms with van der Waals surface area (Å²) in [4.78, 5) is 7.21. The molecule has 2 heterocycles. The molecule has 106 valence electrons. The minimum absolute atomic E-state index is 0.632. The van der Waals surface area contributed by atoms with Crippen LogP contribution in [0.4, 0.5) is 5.13 Å². The zero-order valence-electron chi connectivity index (χ0n) is 11.9. The first-order valence-corrected chi connectivity index (χ1v) is 8.31. The highest BCUT2D eigenvalue weighted by Gasteiger charge is 2.29. The summed E-state index contributed by atoms with van der Waals surface area (Å²) in [5.41, 5.74) is 0. The highest BCUT2D eigenvalue weighted by atomic mass is 32.1. The fourth-order valence-electron chi connectivity index (χ4n) is 2.71. The summed E-state index contributed by atoms with van der Waals surface area (Å²) in [6.45, 7) is 7.88. The second-order valence-electron chi connectivity index (χ2n) is 6.30. The van der Waals surface area contributed by atoms with Crippen molar-refractivity contribution in [1.29, 1.82) is 0 Å². The number of hydrogen-bond donors (Lipinski definition) is 1. The van der Waals surface area contributed by atoms with E-state index in [1.165, 1.54) is 32.2 Å². The van der Waals surface area contributed by atoms with Crippen molar-refractivity contribution in [1.82, 2.24) is 14.7 Å². The maximum absolute atomic E-state index is 4.77. The Balaban J connectivity index is 1.68. The van der Waals surface area contributed by atoms with Gasteiger partial charge in [-0.2, -0.15) is 4.37 Å². The third-order valence-corrected chi connectivity index (χ3v) is 4.62. The van der Waals surface area contributed by atoms with Crippen LogP contribution in [0.1, 0.15) is 51.3 Å². The van der Waals surface area contributed by atoms with Crippen LogP contribution >= 0.6 is 11.5 Å². The van der Waals surface area contributed by atoms with Crippen molar-refractivity contribution in [2.24, 2.45) is 5.92 Å². The van der Waals surface area contributed by atoms with E-state index in [-0.39, 0.29) is 0 Å². The van der Waals surface area contributed by atoms with Crippen LogP contribution in [0.3, 0.4) is 0 Å². The predicted octanol–water partition coefficient (Wildman–Crippen LogP) is 2.63. The van der Waals surface area contributed by atoms with E-state index < -0.39 is 0 Å². The van der Waals surface area contributed by atoms with Gasteiger partial charge >= 0.3 is 0 Å². The first kappa shape index (κ1) is 13.3. The van der Waals surface area contributed by atoms with E-state index >= 15 is 0 Å². The van der Waals surface area contributed by atoms with Gasteiger partial charge in [-0.15, -0.1) is 0 Å². The highest BCUT2D eigenvalue weighted by Crippen LogP contribution is 2.39. The fraction of sp³-hybridized carbons (Fsp3) is 0.857. The van der Waals surface area contributed by atoms with Crippen molar-refractivity contribution in [2.75, 3.05) is 24.5 Å². The van der Waals surface area contributed by atoms with Crippen LogP contribution in [-0.4, -0.2) is 35.0 Å². The number of anilines is 1. The van der Waals surface area contributed by atoms with Crippen LogP contribution < -0.4 is 10.2 Å². The molecule has 2 fully saturated rings. The molecule has 0 aromatic carbocycles. The van der Waals surface area contributed by atoms with Crippen molar-refractivity contribution in [3.63, 3.8) is 0 Å². The zero-order valence-corrected chi connectivity index (χ0v) is 12.7. The normalized spacial score (nSPS) is 23.2. The quantitative estimate of drug-likeness (QED) is 0.870. The Morgan fingerprint density at radius 3 is 2.84 bits per heavy atom. The van der Waals surface area contributed by atoms with Crippen molar-refractivity contribution < 1.29 is 0 Å². The lowest BCUT2D eigenvalue weighted by molar-refractivity contribution is 0.540. The maximum Gasteiger partial charge on any atom is 0.205 e. The van der Waals surface area contributed by atoms with Gasteiger partial charge in [0, 0.05) is 36.6 Å². The van der Waals surface area contributed by atoms with Crippen molar-refractivity contribution in [3.8, 4) is 0 Å². The summed E-state index contributed by atoms with van der Waals surface area (Å²) < 4.78 is 4.55. The van der Waals surface area contributed by atoms with Crippen LogP contribution in [0, 0.1) is 5.92 Å². The molecule has 5 heteroatoms. The molecule has 19 heavy (non-hydrogen) atoms. The standard InChI is InChI=1S/C14H24N4S/c1-10(2)8-18(9-12-4-3-7-15-12)14-16-13(17-19-14)11-5-6-11/h10-12,15H,3-9H2,1-2H3. The van der Waals surface area contributed by atoms with Crippen LogP contribution in [0.2, 0.25) is 0 Å². The third-order valence-electron chi connectivity index (χ3n) is 3.83. The molecule has 1 saturated carbocycles. The maximum atomic E-state index is 4.77. The van der Waals surface area contributed by atoms with E-state index in [0.717, 1.165) is 24.0 Å². The molecular weight excluding hydrogens is 256 g/mol. The number of nitrogens with zero attached hydrogens (tertiary/aromatic N) is 3. The first-order chi connectivity index (χ1) is 9.22. The van der Waals surface area contributed by atoms with E-state index in [0.29, 0.717) is 17.9 Å². The Kier molecular flexibility index (Phi) is 4.03. The van der Waals surface area contributed by atoms with Gasteiger partial charge in [-0.1, -0.05) is 13.8 Å². The lowest BCUT2D eigenvalue weighted by Gasteiger charge is -2.26. The molecule has 4 nitrogen and oxygen atoms in total. The number of aromatic nitrogens is 2. The molecule has 1 aliphatic heterocycles. The lowest BCUT2D eigenvalue weighted by Crippen LogP contribution is -2.39. The summed E-state index contributed by atoms with van der Waals surface area (Å²) in [7, 11) is 0. The molecule has 3 rings (SSSR count). The van der Waals surface area contributed by atoms with Crippen LogP contribution in [0.25, 0.3) is 0 Å². The van der Waals surface area contributed by atoms with E-state index in [2.05, 4.69) is 28.4 Å². The Morgan fingerprint density at radius 2 is 2.21 bits per heavy atom. The van der Waals surface area contributed by atoms with Gasteiger partial charge in [-0.05, 0) is 38.1 Å². The number of hydrogen-bond acceptors (Lipinski definition) is 5. The fourth-order valence-corrected chi connectivity index (χ4v) is 3.48. The summed E-state index contributed by atoms with van der Waals surface area (Å²) >= 11 is 1.59. The van der Waals surface area contributed by atoms with Gasteiger partial charge in [0.05, 0.1) is 0 Å². The van der Waals surface area contributed by atoms with Gasteiger partial charge in [0.2, 0.25) is 5.13 Å². The topological polar surface area (TPSA) is 41.0 Å². The molecule has 1 unspecified atom stereocenters. The summed E-state index contributed by atoms with van der Waals surface area (Å²) in [6, 6.07) is 0.632. The van der Waals surface area contributed by atoms with Gasteiger partial charge in [0.1, 0.15) is 5.82 Å². The molecule has 1 atom stereocenters. The SMILES string of the molecule is CC(C)CN(CC1CCCN1)c1nc(C2CC2)ns1. The average Bonchev–Trinajstić information content (AvgIpc) is 2.91. The Labute approximate surface area is 119 Å². The molecule has 1 aromatic heterocycles. The second-order valence-corrected chi connectivity index (χ2v) is 7.03. The third kappa shape index (κ3) is 3.45.